The lowest BCUT2D eigenvalue weighted by Gasteiger charge is -2.26. The van der Waals surface area contributed by atoms with E-state index in [9.17, 15) is 9.90 Å². The smallest absolute Gasteiger partial charge is 0.265 e. The number of ether oxygens (including phenoxy) is 1. The van der Waals surface area contributed by atoms with E-state index in [1.807, 2.05) is 0 Å². The van der Waals surface area contributed by atoms with Gasteiger partial charge in [0, 0.05) is 16.5 Å². The monoisotopic (exact) mass is 295 g/mol. The number of aliphatic hydroxyl groups excluding tert-OH is 1. The molecule has 110 valence electrons. The number of aliphatic hydroxyl groups is 1. The second-order valence-electron chi connectivity index (χ2n) is 5.70. The van der Waals surface area contributed by atoms with E-state index >= 15 is 0 Å². The highest BCUT2D eigenvalue weighted by Gasteiger charge is 2.28. The Morgan fingerprint density at radius 2 is 2.05 bits per heavy atom. The fourth-order valence-corrected chi connectivity index (χ4v) is 4.47. The molecule has 3 rings (SSSR count). The van der Waals surface area contributed by atoms with E-state index in [2.05, 4.69) is 5.32 Å². The van der Waals surface area contributed by atoms with Crippen LogP contribution in [0.4, 0.5) is 0 Å². The van der Waals surface area contributed by atoms with Crippen LogP contribution in [0.5, 0.6) is 5.75 Å². The summed E-state index contributed by atoms with van der Waals surface area (Å²) in [7, 11) is 1.65. The van der Waals surface area contributed by atoms with Crippen LogP contribution in [-0.2, 0) is 12.8 Å². The fraction of sp³-hybridized carbons (Fsp3) is 0.667. The molecule has 5 heteroatoms. The zero-order valence-corrected chi connectivity index (χ0v) is 12.6. The second kappa shape index (κ2) is 5.74. The number of hydrogen-bond acceptors (Lipinski definition) is 4. The molecule has 2 aliphatic carbocycles. The molecule has 1 aromatic rings. The van der Waals surface area contributed by atoms with Gasteiger partial charge in [-0.2, -0.15) is 0 Å². The third kappa shape index (κ3) is 2.56. The molecule has 1 saturated carbocycles. The van der Waals surface area contributed by atoms with Crippen molar-refractivity contribution in [3.63, 3.8) is 0 Å². The highest BCUT2D eigenvalue weighted by atomic mass is 32.1. The van der Waals surface area contributed by atoms with Gasteiger partial charge in [-0.1, -0.05) is 0 Å². The van der Waals surface area contributed by atoms with Crippen molar-refractivity contribution in [2.45, 2.75) is 57.1 Å². The number of nitrogens with one attached hydrogen (secondary N) is 1. The molecule has 2 N–H and O–H groups in total. The van der Waals surface area contributed by atoms with Gasteiger partial charge in [-0.25, -0.2) is 0 Å². The van der Waals surface area contributed by atoms with E-state index in [1.54, 1.807) is 18.4 Å². The molecular formula is C15H21NO3S. The average molecular weight is 295 g/mol. The Kier molecular flexibility index (Phi) is 3.98. The summed E-state index contributed by atoms with van der Waals surface area (Å²) >= 11 is 1.58. The molecule has 0 atom stereocenters. The Bertz CT molecular complexity index is 503. The molecule has 20 heavy (non-hydrogen) atoms. The SMILES string of the molecule is COc1c(C(=O)NC2CCC(O)CC2)sc2c1CCC2. The van der Waals surface area contributed by atoms with Gasteiger partial charge in [0.1, 0.15) is 10.6 Å². The molecule has 0 saturated heterocycles. The Morgan fingerprint density at radius 1 is 1.30 bits per heavy atom. The van der Waals surface area contributed by atoms with Gasteiger partial charge >= 0.3 is 0 Å². The zero-order chi connectivity index (χ0) is 14.1. The lowest BCUT2D eigenvalue weighted by atomic mass is 9.93. The van der Waals surface area contributed by atoms with Gasteiger partial charge in [0.15, 0.2) is 0 Å². The molecule has 2 aliphatic rings. The van der Waals surface area contributed by atoms with E-state index in [1.165, 1.54) is 16.9 Å². The third-order valence-electron chi connectivity index (χ3n) is 4.32. The number of aryl methyl sites for hydroxylation is 1. The average Bonchev–Trinajstić information content (AvgIpc) is 3.01. The summed E-state index contributed by atoms with van der Waals surface area (Å²) in [6, 6.07) is 0.188. The molecule has 1 aromatic heterocycles. The molecular weight excluding hydrogens is 274 g/mol. The molecule has 1 amide bonds. The van der Waals surface area contributed by atoms with Gasteiger partial charge in [0.25, 0.3) is 5.91 Å². The largest absolute Gasteiger partial charge is 0.495 e. The molecule has 0 aromatic carbocycles. The first-order valence-corrected chi connectivity index (χ1v) is 8.18. The normalized spacial score (nSPS) is 25.3. The maximum absolute atomic E-state index is 12.4. The predicted molar refractivity (Wildman–Crippen MR) is 78.6 cm³/mol. The van der Waals surface area contributed by atoms with Crippen molar-refractivity contribution in [2.24, 2.45) is 0 Å². The van der Waals surface area contributed by atoms with Crippen LogP contribution in [0.15, 0.2) is 0 Å². The van der Waals surface area contributed by atoms with Gasteiger partial charge in [-0.05, 0) is 44.9 Å². The highest BCUT2D eigenvalue weighted by Crippen LogP contribution is 2.40. The van der Waals surface area contributed by atoms with Crippen molar-refractivity contribution in [3.05, 3.63) is 15.3 Å². The summed E-state index contributed by atoms with van der Waals surface area (Å²) < 4.78 is 5.47. The van der Waals surface area contributed by atoms with Crippen LogP contribution in [-0.4, -0.2) is 30.3 Å². The van der Waals surface area contributed by atoms with Gasteiger partial charge in [-0.15, -0.1) is 11.3 Å². The number of methoxy groups -OCH3 is 1. The van der Waals surface area contributed by atoms with Crippen molar-refractivity contribution in [2.75, 3.05) is 7.11 Å². The maximum atomic E-state index is 12.4. The highest BCUT2D eigenvalue weighted by molar-refractivity contribution is 7.14. The minimum Gasteiger partial charge on any atom is -0.495 e. The standard InChI is InChI=1S/C15H21NO3S/c1-19-13-11-3-2-4-12(11)20-14(13)15(18)16-9-5-7-10(17)8-6-9/h9-10,17H,2-8H2,1H3,(H,16,18). The molecule has 0 bridgehead atoms. The Hall–Kier alpha value is -1.07. The lowest BCUT2D eigenvalue weighted by molar-refractivity contribution is 0.0869. The summed E-state index contributed by atoms with van der Waals surface area (Å²) in [4.78, 5) is 14.5. The quantitative estimate of drug-likeness (QED) is 0.899. The van der Waals surface area contributed by atoms with E-state index < -0.39 is 0 Å². The predicted octanol–water partition coefficient (Wildman–Crippen LogP) is 2.28. The van der Waals surface area contributed by atoms with Crippen LogP contribution >= 0.6 is 11.3 Å². The van der Waals surface area contributed by atoms with Crippen LogP contribution < -0.4 is 10.1 Å². The topological polar surface area (TPSA) is 58.6 Å². The number of carbonyl (C=O) groups is 1. The number of amides is 1. The molecule has 0 unspecified atom stereocenters. The van der Waals surface area contributed by atoms with Gasteiger partial charge < -0.3 is 15.2 Å². The van der Waals surface area contributed by atoms with Crippen molar-refractivity contribution in [1.29, 1.82) is 0 Å². The summed E-state index contributed by atoms with van der Waals surface area (Å²) in [5.41, 5.74) is 1.24. The molecule has 1 fully saturated rings. The van der Waals surface area contributed by atoms with Crippen molar-refractivity contribution < 1.29 is 14.6 Å². The maximum Gasteiger partial charge on any atom is 0.265 e. The first kappa shape index (κ1) is 13.9. The first-order valence-electron chi connectivity index (χ1n) is 7.36. The number of hydrogen-bond donors (Lipinski definition) is 2. The van der Waals surface area contributed by atoms with Crippen molar-refractivity contribution in [3.8, 4) is 5.75 Å². The van der Waals surface area contributed by atoms with Gasteiger partial charge in [0.05, 0.1) is 13.2 Å². The Morgan fingerprint density at radius 3 is 2.75 bits per heavy atom. The molecule has 4 nitrogen and oxygen atoms in total. The Balaban J connectivity index is 1.71. The lowest BCUT2D eigenvalue weighted by Crippen LogP contribution is -2.38. The van der Waals surface area contributed by atoms with Crippen LogP contribution in [0.25, 0.3) is 0 Å². The number of carbonyl (C=O) groups excluding carboxylic acids is 1. The van der Waals surface area contributed by atoms with Crippen LogP contribution in [0.2, 0.25) is 0 Å². The van der Waals surface area contributed by atoms with Gasteiger partial charge in [-0.3, -0.25) is 4.79 Å². The van der Waals surface area contributed by atoms with E-state index in [-0.39, 0.29) is 18.1 Å². The van der Waals surface area contributed by atoms with E-state index in [0.29, 0.717) is 0 Å². The molecule has 0 aliphatic heterocycles. The van der Waals surface area contributed by atoms with Crippen molar-refractivity contribution in [1.82, 2.24) is 5.32 Å². The van der Waals surface area contributed by atoms with Crippen LogP contribution in [0.1, 0.15) is 52.2 Å². The third-order valence-corrected chi connectivity index (χ3v) is 5.59. The Labute approximate surface area is 123 Å². The summed E-state index contributed by atoms with van der Waals surface area (Å²) in [6.45, 7) is 0. The van der Waals surface area contributed by atoms with Crippen molar-refractivity contribution >= 4 is 17.2 Å². The molecule has 0 radical (unpaired) electrons. The number of rotatable bonds is 3. The second-order valence-corrected chi connectivity index (χ2v) is 6.80. The minimum atomic E-state index is -0.191. The molecule has 1 heterocycles. The van der Waals surface area contributed by atoms with E-state index in [4.69, 9.17) is 4.74 Å². The van der Waals surface area contributed by atoms with Crippen LogP contribution in [0, 0.1) is 0 Å². The summed E-state index contributed by atoms with van der Waals surface area (Å²) in [5.74, 6) is 0.776. The van der Waals surface area contributed by atoms with Crippen LogP contribution in [0.3, 0.4) is 0 Å². The first-order chi connectivity index (χ1) is 9.69. The summed E-state index contributed by atoms with van der Waals surface area (Å²) in [5, 5.41) is 12.6. The zero-order valence-electron chi connectivity index (χ0n) is 11.8. The number of thiophene rings is 1. The summed E-state index contributed by atoms with van der Waals surface area (Å²) in [6.07, 6.45) is 6.35. The minimum absolute atomic E-state index is 0.0114. The fourth-order valence-electron chi connectivity index (χ4n) is 3.21. The molecule has 0 spiro atoms. The van der Waals surface area contributed by atoms with E-state index in [0.717, 1.165) is 49.2 Å². The number of fused-ring (bicyclic) bond motifs is 1. The van der Waals surface area contributed by atoms with Gasteiger partial charge in [0.2, 0.25) is 0 Å².